The second-order valence-corrected chi connectivity index (χ2v) is 6.81. The molecule has 0 bridgehead atoms. The summed E-state index contributed by atoms with van der Waals surface area (Å²) in [4.78, 5) is 22.8. The van der Waals surface area contributed by atoms with E-state index in [0.717, 1.165) is 30.8 Å². The molecule has 0 amide bonds. The number of rotatable bonds is 7. The number of nitrogens with zero attached hydrogens (tertiary/aromatic N) is 4. The number of likely N-dealkylation sites (tertiary alicyclic amines) is 1. The van der Waals surface area contributed by atoms with E-state index in [1.54, 1.807) is 12.1 Å². The fourth-order valence-electron chi connectivity index (χ4n) is 3.21. The molecule has 0 unspecified atom stereocenters. The molecule has 0 spiro atoms. The average molecular weight is 399 g/mol. The Morgan fingerprint density at radius 3 is 2.48 bits per heavy atom. The standard InChI is InChI=1S/C19H21N5O5/c25-19-10-14(4-5-15(19)13-22-8-2-1-3-9-22)12-20-21-17-7-6-16(23(26)27)11-18(17)24(28)29/h4-7,10-12,21,25H,1-3,8-9,13H2/b20-12+. The lowest BCUT2D eigenvalue weighted by Gasteiger charge is -2.26. The maximum absolute atomic E-state index is 11.1. The molecule has 1 fully saturated rings. The molecule has 29 heavy (non-hydrogen) atoms. The molecule has 0 aromatic heterocycles. The number of hydrogen-bond donors (Lipinski definition) is 2. The lowest BCUT2D eigenvalue weighted by molar-refractivity contribution is -0.393. The van der Waals surface area contributed by atoms with Crippen LogP contribution in [0.5, 0.6) is 5.75 Å². The minimum atomic E-state index is -0.716. The van der Waals surface area contributed by atoms with Gasteiger partial charge in [0.25, 0.3) is 5.69 Å². The van der Waals surface area contributed by atoms with Crippen LogP contribution in [0.3, 0.4) is 0 Å². The summed E-state index contributed by atoms with van der Waals surface area (Å²) < 4.78 is 0. The van der Waals surface area contributed by atoms with Gasteiger partial charge in [-0.3, -0.25) is 30.6 Å². The van der Waals surface area contributed by atoms with Crippen molar-refractivity contribution in [2.24, 2.45) is 5.10 Å². The molecule has 0 radical (unpaired) electrons. The molecular weight excluding hydrogens is 378 g/mol. The predicted molar refractivity (Wildman–Crippen MR) is 108 cm³/mol. The van der Waals surface area contributed by atoms with E-state index in [0.29, 0.717) is 12.1 Å². The van der Waals surface area contributed by atoms with Crippen molar-refractivity contribution in [1.29, 1.82) is 0 Å². The Morgan fingerprint density at radius 2 is 1.83 bits per heavy atom. The SMILES string of the molecule is O=[N+]([O-])c1ccc(N/N=C/c2ccc(CN3CCCCC3)c(O)c2)c([N+](=O)[O-])c1. The molecule has 0 saturated carbocycles. The number of nitro benzene ring substituents is 2. The van der Waals surface area contributed by atoms with Crippen LogP contribution >= 0.6 is 0 Å². The first-order valence-electron chi connectivity index (χ1n) is 9.20. The number of phenols is 1. The molecule has 10 heteroatoms. The van der Waals surface area contributed by atoms with Gasteiger partial charge < -0.3 is 5.11 Å². The second-order valence-electron chi connectivity index (χ2n) is 6.81. The van der Waals surface area contributed by atoms with Crippen LogP contribution in [0.2, 0.25) is 0 Å². The number of benzene rings is 2. The van der Waals surface area contributed by atoms with Crippen molar-refractivity contribution in [2.75, 3.05) is 18.5 Å². The van der Waals surface area contributed by atoms with Crippen molar-refractivity contribution in [1.82, 2.24) is 4.90 Å². The third kappa shape index (κ3) is 5.26. The van der Waals surface area contributed by atoms with Gasteiger partial charge in [0.15, 0.2) is 0 Å². The van der Waals surface area contributed by atoms with E-state index in [4.69, 9.17) is 0 Å². The molecular formula is C19H21N5O5. The van der Waals surface area contributed by atoms with Gasteiger partial charge in [0.1, 0.15) is 11.4 Å². The van der Waals surface area contributed by atoms with E-state index < -0.39 is 15.5 Å². The molecule has 0 aliphatic carbocycles. The highest BCUT2D eigenvalue weighted by Gasteiger charge is 2.19. The first kappa shape index (κ1) is 20.2. The number of anilines is 1. The van der Waals surface area contributed by atoms with E-state index in [1.165, 1.54) is 31.5 Å². The number of piperidine rings is 1. The number of hydrazone groups is 1. The van der Waals surface area contributed by atoms with E-state index in [2.05, 4.69) is 15.4 Å². The van der Waals surface area contributed by atoms with Gasteiger partial charge in [-0.2, -0.15) is 5.10 Å². The number of nitro groups is 2. The van der Waals surface area contributed by atoms with Crippen LogP contribution in [0.4, 0.5) is 17.1 Å². The Bertz CT molecular complexity index is 941. The number of phenolic OH excluding ortho intramolecular Hbond substituents is 1. The molecule has 2 N–H and O–H groups in total. The highest BCUT2D eigenvalue weighted by molar-refractivity contribution is 5.81. The van der Waals surface area contributed by atoms with Gasteiger partial charge in [0.05, 0.1) is 22.1 Å². The minimum Gasteiger partial charge on any atom is -0.508 e. The van der Waals surface area contributed by atoms with Gasteiger partial charge in [-0.25, -0.2) is 0 Å². The van der Waals surface area contributed by atoms with Crippen LogP contribution in [0.1, 0.15) is 30.4 Å². The van der Waals surface area contributed by atoms with Gasteiger partial charge >= 0.3 is 5.69 Å². The molecule has 2 aromatic carbocycles. The summed E-state index contributed by atoms with van der Waals surface area (Å²) >= 11 is 0. The summed E-state index contributed by atoms with van der Waals surface area (Å²) in [5.41, 5.74) is 3.18. The molecule has 1 heterocycles. The van der Waals surface area contributed by atoms with E-state index in [9.17, 15) is 25.3 Å². The molecule has 1 aliphatic heterocycles. The summed E-state index contributed by atoms with van der Waals surface area (Å²) in [5.74, 6) is 0.167. The Hall–Kier alpha value is -3.53. The Morgan fingerprint density at radius 1 is 1.07 bits per heavy atom. The van der Waals surface area contributed by atoms with Gasteiger partial charge in [0, 0.05) is 18.2 Å². The minimum absolute atomic E-state index is 0.0304. The first-order chi connectivity index (χ1) is 13.9. The van der Waals surface area contributed by atoms with Crippen molar-refractivity contribution in [3.8, 4) is 5.75 Å². The second kappa shape index (κ2) is 9.11. The maximum Gasteiger partial charge on any atom is 0.301 e. The summed E-state index contributed by atoms with van der Waals surface area (Å²) in [6, 6.07) is 8.47. The topological polar surface area (TPSA) is 134 Å². The van der Waals surface area contributed by atoms with Gasteiger partial charge in [-0.15, -0.1) is 0 Å². The van der Waals surface area contributed by atoms with Crippen LogP contribution in [-0.2, 0) is 6.54 Å². The largest absolute Gasteiger partial charge is 0.508 e. The summed E-state index contributed by atoms with van der Waals surface area (Å²) in [5, 5.41) is 36.1. The molecule has 10 nitrogen and oxygen atoms in total. The quantitative estimate of drug-likeness (QED) is 0.412. The fourth-order valence-corrected chi connectivity index (χ4v) is 3.21. The van der Waals surface area contributed by atoms with E-state index >= 15 is 0 Å². The first-order valence-corrected chi connectivity index (χ1v) is 9.20. The summed E-state index contributed by atoms with van der Waals surface area (Å²) in [6.45, 7) is 2.75. The zero-order valence-corrected chi connectivity index (χ0v) is 15.7. The van der Waals surface area contributed by atoms with E-state index in [1.807, 2.05) is 6.07 Å². The highest BCUT2D eigenvalue weighted by Crippen LogP contribution is 2.29. The zero-order chi connectivity index (χ0) is 20.8. The van der Waals surface area contributed by atoms with Crippen LogP contribution < -0.4 is 5.43 Å². The average Bonchev–Trinajstić information content (AvgIpc) is 2.70. The predicted octanol–water partition coefficient (Wildman–Crippen LogP) is 3.64. The Labute approximate surface area is 166 Å². The number of nitrogens with one attached hydrogen (secondary N) is 1. The molecule has 0 atom stereocenters. The van der Waals surface area contributed by atoms with E-state index in [-0.39, 0.29) is 17.1 Å². The smallest absolute Gasteiger partial charge is 0.301 e. The third-order valence-corrected chi connectivity index (χ3v) is 4.74. The Balaban J connectivity index is 1.68. The molecule has 3 rings (SSSR count). The maximum atomic E-state index is 11.1. The third-order valence-electron chi connectivity index (χ3n) is 4.74. The molecule has 152 valence electrons. The fraction of sp³-hybridized carbons (Fsp3) is 0.316. The van der Waals surface area contributed by atoms with Crippen molar-refractivity contribution in [3.63, 3.8) is 0 Å². The molecule has 1 aliphatic rings. The zero-order valence-electron chi connectivity index (χ0n) is 15.7. The number of aromatic hydroxyl groups is 1. The van der Waals surface area contributed by atoms with Crippen LogP contribution in [0.15, 0.2) is 41.5 Å². The lowest BCUT2D eigenvalue weighted by atomic mass is 10.1. The van der Waals surface area contributed by atoms with Crippen LogP contribution in [0, 0.1) is 20.2 Å². The Kier molecular flexibility index (Phi) is 6.35. The van der Waals surface area contributed by atoms with Gasteiger partial charge in [0.2, 0.25) is 0 Å². The van der Waals surface area contributed by atoms with Crippen LogP contribution in [0.25, 0.3) is 0 Å². The molecule has 2 aromatic rings. The number of hydrogen-bond acceptors (Lipinski definition) is 8. The number of non-ortho nitro benzene ring substituents is 1. The monoisotopic (exact) mass is 399 g/mol. The van der Waals surface area contributed by atoms with Crippen molar-refractivity contribution >= 4 is 23.3 Å². The highest BCUT2D eigenvalue weighted by atomic mass is 16.6. The van der Waals surface area contributed by atoms with Crippen molar-refractivity contribution in [3.05, 3.63) is 67.8 Å². The molecule has 1 saturated heterocycles. The van der Waals surface area contributed by atoms with Crippen LogP contribution in [-0.4, -0.2) is 39.2 Å². The summed E-state index contributed by atoms with van der Waals surface area (Å²) in [7, 11) is 0. The normalized spacial score (nSPS) is 14.8. The lowest BCUT2D eigenvalue weighted by Crippen LogP contribution is -2.29. The van der Waals surface area contributed by atoms with Gasteiger partial charge in [-0.1, -0.05) is 18.6 Å². The van der Waals surface area contributed by atoms with Crippen molar-refractivity contribution < 1.29 is 15.0 Å². The summed E-state index contributed by atoms with van der Waals surface area (Å²) in [6.07, 6.45) is 5.01. The van der Waals surface area contributed by atoms with Crippen molar-refractivity contribution in [2.45, 2.75) is 25.8 Å². The van der Waals surface area contributed by atoms with Gasteiger partial charge in [-0.05, 0) is 43.6 Å².